The van der Waals surface area contributed by atoms with E-state index in [2.05, 4.69) is 5.32 Å². The normalized spacial score (nSPS) is 12.8. The predicted molar refractivity (Wildman–Crippen MR) is 56.8 cm³/mol. The molecule has 2 N–H and O–H groups in total. The van der Waals surface area contributed by atoms with Gasteiger partial charge in [-0.25, -0.2) is 0 Å². The van der Waals surface area contributed by atoms with E-state index in [1.54, 1.807) is 0 Å². The SMILES string of the molecule is O=C(O)CNCCc1ccc2c(c1)OCO2. The summed E-state index contributed by atoms with van der Waals surface area (Å²) in [5.74, 6) is 0.684. The first-order chi connectivity index (χ1) is 7.75. The zero-order valence-electron chi connectivity index (χ0n) is 8.73. The third kappa shape index (κ3) is 2.64. The van der Waals surface area contributed by atoms with Gasteiger partial charge in [0.15, 0.2) is 11.5 Å². The van der Waals surface area contributed by atoms with E-state index in [-0.39, 0.29) is 13.3 Å². The lowest BCUT2D eigenvalue weighted by molar-refractivity contribution is -0.135. The molecule has 1 aliphatic rings. The summed E-state index contributed by atoms with van der Waals surface area (Å²) in [7, 11) is 0. The molecule has 0 spiro atoms. The Morgan fingerprint density at radius 1 is 1.38 bits per heavy atom. The minimum Gasteiger partial charge on any atom is -0.480 e. The van der Waals surface area contributed by atoms with Gasteiger partial charge in [0.05, 0.1) is 6.54 Å². The van der Waals surface area contributed by atoms with Crippen LogP contribution in [0.1, 0.15) is 5.56 Å². The fraction of sp³-hybridized carbons (Fsp3) is 0.364. The van der Waals surface area contributed by atoms with E-state index in [0.29, 0.717) is 6.54 Å². The molecule has 1 aromatic carbocycles. The van der Waals surface area contributed by atoms with Crippen molar-refractivity contribution in [3.05, 3.63) is 23.8 Å². The number of hydrogen-bond donors (Lipinski definition) is 2. The first-order valence-corrected chi connectivity index (χ1v) is 5.07. The third-order valence-electron chi connectivity index (χ3n) is 2.30. The van der Waals surface area contributed by atoms with Crippen LogP contribution in [-0.2, 0) is 11.2 Å². The molecule has 0 saturated heterocycles. The first kappa shape index (κ1) is 10.8. The van der Waals surface area contributed by atoms with Crippen molar-refractivity contribution < 1.29 is 19.4 Å². The molecule has 5 heteroatoms. The number of rotatable bonds is 5. The Labute approximate surface area is 93.0 Å². The summed E-state index contributed by atoms with van der Waals surface area (Å²) in [6, 6.07) is 5.75. The van der Waals surface area contributed by atoms with Gasteiger partial charge >= 0.3 is 5.97 Å². The molecule has 0 unspecified atom stereocenters. The van der Waals surface area contributed by atoms with Crippen LogP contribution in [0.15, 0.2) is 18.2 Å². The molecule has 0 bridgehead atoms. The van der Waals surface area contributed by atoms with Gasteiger partial charge in [0.25, 0.3) is 0 Å². The highest BCUT2D eigenvalue weighted by atomic mass is 16.7. The Kier molecular flexibility index (Phi) is 3.26. The lowest BCUT2D eigenvalue weighted by Gasteiger charge is -2.03. The van der Waals surface area contributed by atoms with Crippen molar-refractivity contribution in [3.63, 3.8) is 0 Å². The molecule has 2 rings (SSSR count). The van der Waals surface area contributed by atoms with Crippen molar-refractivity contribution in [3.8, 4) is 11.5 Å². The zero-order valence-corrected chi connectivity index (χ0v) is 8.73. The van der Waals surface area contributed by atoms with Gasteiger partial charge in [-0.15, -0.1) is 0 Å². The van der Waals surface area contributed by atoms with Crippen LogP contribution in [0.3, 0.4) is 0 Å². The molecule has 0 fully saturated rings. The molecule has 0 aromatic heterocycles. The average molecular weight is 223 g/mol. The van der Waals surface area contributed by atoms with Crippen LogP contribution in [0.25, 0.3) is 0 Å². The highest BCUT2D eigenvalue weighted by Crippen LogP contribution is 2.32. The average Bonchev–Trinajstić information content (AvgIpc) is 2.71. The van der Waals surface area contributed by atoms with Crippen LogP contribution in [-0.4, -0.2) is 31.0 Å². The summed E-state index contributed by atoms with van der Waals surface area (Å²) in [6.45, 7) is 0.895. The molecule has 86 valence electrons. The molecule has 0 amide bonds. The number of fused-ring (bicyclic) bond motifs is 1. The standard InChI is InChI=1S/C11H13NO4/c13-11(14)6-12-4-3-8-1-2-9-10(5-8)16-7-15-9/h1-2,5,12H,3-4,6-7H2,(H,13,14). The number of ether oxygens (including phenoxy) is 2. The molecule has 1 heterocycles. The van der Waals surface area contributed by atoms with E-state index in [1.807, 2.05) is 18.2 Å². The third-order valence-corrected chi connectivity index (χ3v) is 2.30. The number of nitrogens with one attached hydrogen (secondary N) is 1. The van der Waals surface area contributed by atoms with Gasteiger partial charge in [0.2, 0.25) is 6.79 Å². The summed E-state index contributed by atoms with van der Waals surface area (Å²) >= 11 is 0. The Balaban J connectivity index is 1.83. The summed E-state index contributed by atoms with van der Waals surface area (Å²) in [4.78, 5) is 10.3. The van der Waals surface area contributed by atoms with Crippen molar-refractivity contribution in [2.24, 2.45) is 0 Å². The van der Waals surface area contributed by atoms with E-state index in [9.17, 15) is 4.79 Å². The Morgan fingerprint density at radius 2 is 2.19 bits per heavy atom. The van der Waals surface area contributed by atoms with Gasteiger partial charge in [-0.3, -0.25) is 4.79 Å². The van der Waals surface area contributed by atoms with Crippen LogP contribution in [0.2, 0.25) is 0 Å². The topological polar surface area (TPSA) is 67.8 Å². The number of carbonyl (C=O) groups is 1. The highest BCUT2D eigenvalue weighted by molar-refractivity contribution is 5.68. The van der Waals surface area contributed by atoms with Crippen LogP contribution < -0.4 is 14.8 Å². The molecule has 5 nitrogen and oxygen atoms in total. The summed E-state index contributed by atoms with van der Waals surface area (Å²) in [5.41, 5.74) is 1.10. The Morgan fingerprint density at radius 3 is 3.00 bits per heavy atom. The van der Waals surface area contributed by atoms with E-state index in [0.717, 1.165) is 23.5 Å². The van der Waals surface area contributed by atoms with E-state index < -0.39 is 5.97 Å². The van der Waals surface area contributed by atoms with Crippen molar-refractivity contribution in [2.45, 2.75) is 6.42 Å². The number of hydrogen-bond acceptors (Lipinski definition) is 4. The van der Waals surface area contributed by atoms with Crippen LogP contribution in [0.4, 0.5) is 0 Å². The van der Waals surface area contributed by atoms with Gasteiger partial charge in [0, 0.05) is 0 Å². The lowest BCUT2D eigenvalue weighted by Crippen LogP contribution is -2.24. The molecule has 1 aromatic rings. The molecule has 16 heavy (non-hydrogen) atoms. The van der Waals surface area contributed by atoms with Crippen molar-refractivity contribution in [1.82, 2.24) is 5.32 Å². The quantitative estimate of drug-likeness (QED) is 0.717. The molecule has 0 aliphatic carbocycles. The van der Waals surface area contributed by atoms with Crippen molar-refractivity contribution in [2.75, 3.05) is 19.9 Å². The van der Waals surface area contributed by atoms with E-state index in [1.165, 1.54) is 0 Å². The molecular weight excluding hydrogens is 210 g/mol. The van der Waals surface area contributed by atoms with Crippen LogP contribution in [0.5, 0.6) is 11.5 Å². The van der Waals surface area contributed by atoms with Gasteiger partial charge in [-0.05, 0) is 30.7 Å². The monoisotopic (exact) mass is 223 g/mol. The van der Waals surface area contributed by atoms with Gasteiger partial charge in [-0.1, -0.05) is 6.07 Å². The first-order valence-electron chi connectivity index (χ1n) is 5.07. The largest absolute Gasteiger partial charge is 0.480 e. The minimum absolute atomic E-state index is 0.00937. The van der Waals surface area contributed by atoms with E-state index in [4.69, 9.17) is 14.6 Å². The molecule has 0 saturated carbocycles. The van der Waals surface area contributed by atoms with Crippen molar-refractivity contribution >= 4 is 5.97 Å². The Hall–Kier alpha value is -1.75. The number of carboxylic acids is 1. The maximum atomic E-state index is 10.3. The maximum Gasteiger partial charge on any atom is 0.317 e. The van der Waals surface area contributed by atoms with Gasteiger partial charge in [-0.2, -0.15) is 0 Å². The lowest BCUT2D eigenvalue weighted by atomic mass is 10.1. The molecule has 1 aliphatic heterocycles. The van der Waals surface area contributed by atoms with Gasteiger partial charge < -0.3 is 19.9 Å². The second-order valence-electron chi connectivity index (χ2n) is 3.51. The fourth-order valence-corrected chi connectivity index (χ4v) is 1.52. The van der Waals surface area contributed by atoms with Crippen LogP contribution >= 0.6 is 0 Å². The van der Waals surface area contributed by atoms with Crippen molar-refractivity contribution in [1.29, 1.82) is 0 Å². The predicted octanol–water partition coefficient (Wildman–Crippen LogP) is 0.632. The van der Waals surface area contributed by atoms with Gasteiger partial charge in [0.1, 0.15) is 0 Å². The molecule has 0 radical (unpaired) electrons. The van der Waals surface area contributed by atoms with E-state index >= 15 is 0 Å². The fourth-order valence-electron chi connectivity index (χ4n) is 1.52. The maximum absolute atomic E-state index is 10.3. The van der Waals surface area contributed by atoms with Crippen LogP contribution in [0, 0.1) is 0 Å². The second kappa shape index (κ2) is 4.85. The Bertz CT molecular complexity index is 392. The molecule has 0 atom stereocenters. The highest BCUT2D eigenvalue weighted by Gasteiger charge is 2.12. The summed E-state index contributed by atoms with van der Waals surface area (Å²) in [6.07, 6.45) is 0.768. The number of carboxylic acid groups (broad SMARTS) is 1. The summed E-state index contributed by atoms with van der Waals surface area (Å²) in [5, 5.41) is 11.3. The zero-order chi connectivity index (χ0) is 11.4. The summed E-state index contributed by atoms with van der Waals surface area (Å²) < 4.78 is 10.4. The number of benzene rings is 1. The number of aliphatic carboxylic acids is 1. The minimum atomic E-state index is -0.842. The molecular formula is C11H13NO4. The smallest absolute Gasteiger partial charge is 0.317 e. The second-order valence-corrected chi connectivity index (χ2v) is 3.51.